The molecule has 1 aromatic heterocycles. The summed E-state index contributed by atoms with van der Waals surface area (Å²) in [6, 6.07) is 7.86. The third-order valence-electron chi connectivity index (χ3n) is 4.03. The molecule has 0 bridgehead atoms. The maximum atomic E-state index is 12.8. The van der Waals surface area contributed by atoms with E-state index in [0.29, 0.717) is 12.0 Å². The van der Waals surface area contributed by atoms with E-state index >= 15 is 0 Å². The largest absolute Gasteiger partial charge is 0.471 e. The molecule has 1 aromatic carbocycles. The van der Waals surface area contributed by atoms with E-state index in [-0.39, 0.29) is 35.3 Å². The molecule has 1 saturated heterocycles. The van der Waals surface area contributed by atoms with Crippen LogP contribution in [0.25, 0.3) is 0 Å². The van der Waals surface area contributed by atoms with Crippen LogP contribution in [0.4, 0.5) is 0 Å². The quantitative estimate of drug-likeness (QED) is 0.729. The van der Waals surface area contributed by atoms with Gasteiger partial charge in [0, 0.05) is 24.5 Å². The Bertz CT molecular complexity index is 984. The summed E-state index contributed by atoms with van der Waals surface area (Å²) in [5.74, 6) is -0.103. The first kappa shape index (κ1) is 18.0. The average Bonchev–Trinajstić information content (AvgIpc) is 3.11. The van der Waals surface area contributed by atoms with Gasteiger partial charge in [-0.2, -0.15) is 9.57 Å². The molecule has 1 aliphatic rings. The molecule has 0 amide bonds. The van der Waals surface area contributed by atoms with E-state index in [4.69, 9.17) is 10.00 Å². The second-order valence-corrected chi connectivity index (χ2v) is 7.74. The van der Waals surface area contributed by atoms with Crippen molar-refractivity contribution < 1.29 is 17.9 Å². The van der Waals surface area contributed by atoms with Crippen molar-refractivity contribution >= 4 is 15.8 Å². The molecule has 1 aliphatic heterocycles. The van der Waals surface area contributed by atoms with Crippen LogP contribution in [0.3, 0.4) is 0 Å². The van der Waals surface area contributed by atoms with Crippen molar-refractivity contribution in [1.82, 2.24) is 14.3 Å². The first-order valence-electron chi connectivity index (χ1n) is 7.90. The van der Waals surface area contributed by atoms with Crippen LogP contribution in [-0.4, -0.2) is 47.7 Å². The average molecular weight is 372 g/mol. The minimum atomic E-state index is -3.74. The number of Topliss-reactive ketones (excluding diaryl/α,β-unsaturated/α-hetero) is 1. The second kappa shape index (κ2) is 7.19. The standard InChI is InChI=1S/C17H16N4O4S/c1-12(22)13-3-2-4-15(9-13)26(23,24)21-8-5-14(11-21)25-17-16(10-18)19-6-7-20-17/h2-4,6-7,9,14H,5,8,11H2,1H3. The fourth-order valence-electron chi connectivity index (χ4n) is 2.68. The van der Waals surface area contributed by atoms with E-state index in [1.165, 1.54) is 35.8 Å². The SMILES string of the molecule is CC(=O)c1cccc(S(=O)(=O)N2CCC(Oc3nccnc3C#N)C2)c1. The lowest BCUT2D eigenvalue weighted by atomic mass is 10.2. The highest BCUT2D eigenvalue weighted by atomic mass is 32.2. The third-order valence-corrected chi connectivity index (χ3v) is 5.90. The number of carbonyl (C=O) groups is 1. The fourth-order valence-corrected chi connectivity index (χ4v) is 4.22. The van der Waals surface area contributed by atoms with Crippen molar-refractivity contribution in [2.45, 2.75) is 24.3 Å². The number of nitriles is 1. The Morgan fingerprint density at radius 1 is 1.35 bits per heavy atom. The van der Waals surface area contributed by atoms with Crippen LogP contribution in [0, 0.1) is 11.3 Å². The molecule has 1 atom stereocenters. The van der Waals surface area contributed by atoms with E-state index in [9.17, 15) is 13.2 Å². The lowest BCUT2D eigenvalue weighted by Crippen LogP contribution is -2.31. The molecular weight excluding hydrogens is 356 g/mol. The Hall–Kier alpha value is -2.83. The van der Waals surface area contributed by atoms with Gasteiger partial charge >= 0.3 is 0 Å². The number of sulfonamides is 1. The topological polar surface area (TPSA) is 113 Å². The molecule has 1 unspecified atom stereocenters. The zero-order chi connectivity index (χ0) is 18.7. The number of carbonyl (C=O) groups excluding carboxylic acids is 1. The number of hydrogen-bond acceptors (Lipinski definition) is 7. The van der Waals surface area contributed by atoms with Crippen molar-refractivity contribution in [2.75, 3.05) is 13.1 Å². The summed E-state index contributed by atoms with van der Waals surface area (Å²) < 4.78 is 32.6. The summed E-state index contributed by atoms with van der Waals surface area (Å²) in [5, 5.41) is 9.03. The van der Waals surface area contributed by atoms with E-state index in [1.54, 1.807) is 12.1 Å². The molecule has 134 valence electrons. The maximum Gasteiger partial charge on any atom is 0.251 e. The molecule has 1 fully saturated rings. The van der Waals surface area contributed by atoms with Crippen LogP contribution in [0.1, 0.15) is 29.4 Å². The van der Waals surface area contributed by atoms with Crippen molar-refractivity contribution in [2.24, 2.45) is 0 Å². The first-order chi connectivity index (χ1) is 12.4. The van der Waals surface area contributed by atoms with Gasteiger partial charge in [-0.3, -0.25) is 4.79 Å². The Kier molecular flexibility index (Phi) is 4.97. The molecule has 0 aliphatic carbocycles. The minimum absolute atomic E-state index is 0.0583. The van der Waals surface area contributed by atoms with Crippen LogP contribution in [0.5, 0.6) is 5.88 Å². The molecule has 8 nitrogen and oxygen atoms in total. The van der Waals surface area contributed by atoms with Gasteiger partial charge in [-0.1, -0.05) is 12.1 Å². The van der Waals surface area contributed by atoms with Gasteiger partial charge in [0.15, 0.2) is 5.78 Å². The van der Waals surface area contributed by atoms with Crippen molar-refractivity contribution in [3.05, 3.63) is 47.9 Å². The van der Waals surface area contributed by atoms with Crippen LogP contribution in [0.15, 0.2) is 41.6 Å². The Balaban J connectivity index is 1.76. The number of nitrogens with zero attached hydrogens (tertiary/aromatic N) is 4. The van der Waals surface area contributed by atoms with E-state index in [2.05, 4.69) is 9.97 Å². The number of ketones is 1. The highest BCUT2D eigenvalue weighted by molar-refractivity contribution is 7.89. The molecule has 9 heteroatoms. The van der Waals surface area contributed by atoms with E-state index in [0.717, 1.165) is 0 Å². The Labute approximate surface area is 151 Å². The number of aromatic nitrogens is 2. The summed E-state index contributed by atoms with van der Waals surface area (Å²) in [5.41, 5.74) is 0.402. The predicted octanol–water partition coefficient (Wildman–Crippen LogP) is 1.39. The highest BCUT2D eigenvalue weighted by Crippen LogP contribution is 2.24. The van der Waals surface area contributed by atoms with E-state index in [1.807, 2.05) is 6.07 Å². The second-order valence-electron chi connectivity index (χ2n) is 5.80. The lowest BCUT2D eigenvalue weighted by molar-refractivity contribution is 0.101. The fraction of sp³-hybridized carbons (Fsp3) is 0.294. The lowest BCUT2D eigenvalue weighted by Gasteiger charge is -2.17. The molecule has 2 heterocycles. The van der Waals surface area contributed by atoms with Crippen molar-refractivity contribution in [3.63, 3.8) is 0 Å². The number of benzene rings is 1. The zero-order valence-electron chi connectivity index (χ0n) is 14.0. The van der Waals surface area contributed by atoms with Gasteiger partial charge < -0.3 is 4.74 Å². The van der Waals surface area contributed by atoms with Gasteiger partial charge in [-0.25, -0.2) is 18.4 Å². The molecule has 0 radical (unpaired) electrons. The smallest absolute Gasteiger partial charge is 0.251 e. The predicted molar refractivity (Wildman–Crippen MR) is 91.0 cm³/mol. The molecular formula is C17H16N4O4S. The third kappa shape index (κ3) is 3.56. The molecule has 2 aromatic rings. The maximum absolute atomic E-state index is 12.8. The molecule has 0 spiro atoms. The first-order valence-corrected chi connectivity index (χ1v) is 9.34. The number of ether oxygens (including phenoxy) is 1. The number of rotatable bonds is 5. The molecule has 3 rings (SSSR count). The minimum Gasteiger partial charge on any atom is -0.471 e. The van der Waals surface area contributed by atoms with Gasteiger partial charge in [-0.05, 0) is 25.5 Å². The number of hydrogen-bond donors (Lipinski definition) is 0. The van der Waals surface area contributed by atoms with Gasteiger partial charge in [0.05, 0.1) is 11.4 Å². The summed E-state index contributed by atoms with van der Waals surface area (Å²) in [6.07, 6.45) is 2.84. The van der Waals surface area contributed by atoms with Crippen molar-refractivity contribution in [3.8, 4) is 11.9 Å². The van der Waals surface area contributed by atoms with Crippen LogP contribution >= 0.6 is 0 Å². The molecule has 0 N–H and O–H groups in total. The Morgan fingerprint density at radius 2 is 2.12 bits per heavy atom. The van der Waals surface area contributed by atoms with Gasteiger partial charge in [0.1, 0.15) is 12.2 Å². The van der Waals surface area contributed by atoms with E-state index < -0.39 is 16.1 Å². The summed E-state index contributed by atoms with van der Waals surface area (Å²) >= 11 is 0. The van der Waals surface area contributed by atoms with Crippen LogP contribution in [0.2, 0.25) is 0 Å². The van der Waals surface area contributed by atoms with Crippen molar-refractivity contribution in [1.29, 1.82) is 5.26 Å². The van der Waals surface area contributed by atoms with Gasteiger partial charge in [0.2, 0.25) is 15.7 Å². The summed E-state index contributed by atoms with van der Waals surface area (Å²) in [6.45, 7) is 1.80. The van der Waals surface area contributed by atoms with Crippen LogP contribution in [-0.2, 0) is 10.0 Å². The van der Waals surface area contributed by atoms with Gasteiger partial charge in [0.25, 0.3) is 5.88 Å². The zero-order valence-corrected chi connectivity index (χ0v) is 14.8. The summed E-state index contributed by atoms with van der Waals surface area (Å²) in [7, 11) is -3.74. The molecule has 26 heavy (non-hydrogen) atoms. The van der Waals surface area contributed by atoms with Crippen LogP contribution < -0.4 is 4.74 Å². The summed E-state index contributed by atoms with van der Waals surface area (Å²) in [4.78, 5) is 19.4. The highest BCUT2D eigenvalue weighted by Gasteiger charge is 2.34. The molecule has 0 saturated carbocycles. The Morgan fingerprint density at radius 3 is 2.85 bits per heavy atom. The normalized spacial score (nSPS) is 17.6. The monoisotopic (exact) mass is 372 g/mol. The van der Waals surface area contributed by atoms with Gasteiger partial charge in [-0.15, -0.1) is 0 Å².